The van der Waals surface area contributed by atoms with Gasteiger partial charge in [0, 0.05) is 25.7 Å². The summed E-state index contributed by atoms with van der Waals surface area (Å²) in [6.45, 7) is 8.42. The molecule has 0 aromatic carbocycles. The minimum atomic E-state index is -3.39. The van der Waals surface area contributed by atoms with Crippen LogP contribution >= 0.6 is 0 Å². The minimum absolute atomic E-state index is 0.00226. The summed E-state index contributed by atoms with van der Waals surface area (Å²) >= 11 is 0. The Balaban J connectivity index is 2.55. The van der Waals surface area contributed by atoms with Crippen LogP contribution in [0.25, 0.3) is 0 Å². The van der Waals surface area contributed by atoms with Crippen molar-refractivity contribution in [1.82, 2.24) is 14.3 Å². The molecular formula is C11H25N3O3S. The van der Waals surface area contributed by atoms with Crippen molar-refractivity contribution < 1.29 is 13.2 Å². The Hall–Kier alpha value is -0.210. The Labute approximate surface area is 110 Å². The fraction of sp³-hybridized carbons (Fsp3) is 1.00. The molecule has 0 aliphatic carbocycles. The molecule has 1 rings (SSSR count). The van der Waals surface area contributed by atoms with Crippen LogP contribution in [0.1, 0.15) is 20.8 Å². The van der Waals surface area contributed by atoms with Gasteiger partial charge in [0.15, 0.2) is 0 Å². The average Bonchev–Trinajstić information content (AvgIpc) is 2.29. The summed E-state index contributed by atoms with van der Waals surface area (Å²) in [6.07, 6.45) is 0. The molecule has 0 bridgehead atoms. The highest BCUT2D eigenvalue weighted by Crippen LogP contribution is 2.18. The molecule has 18 heavy (non-hydrogen) atoms. The van der Waals surface area contributed by atoms with E-state index in [0.717, 1.165) is 0 Å². The third-order valence-corrected chi connectivity index (χ3v) is 4.75. The van der Waals surface area contributed by atoms with Crippen LogP contribution in [-0.4, -0.2) is 58.7 Å². The van der Waals surface area contributed by atoms with Crippen LogP contribution < -0.4 is 10.0 Å². The quantitative estimate of drug-likeness (QED) is 0.730. The van der Waals surface area contributed by atoms with Gasteiger partial charge in [-0.05, 0) is 12.5 Å². The number of nitrogens with one attached hydrogen (secondary N) is 2. The molecule has 0 aromatic heterocycles. The van der Waals surface area contributed by atoms with Crippen molar-refractivity contribution in [3.05, 3.63) is 0 Å². The molecule has 0 saturated carbocycles. The summed E-state index contributed by atoms with van der Waals surface area (Å²) < 4.78 is 33.4. The molecule has 1 heterocycles. The van der Waals surface area contributed by atoms with Gasteiger partial charge < -0.3 is 10.1 Å². The van der Waals surface area contributed by atoms with Crippen LogP contribution in [-0.2, 0) is 14.9 Å². The number of ether oxygens (including phenoxy) is 1. The van der Waals surface area contributed by atoms with Gasteiger partial charge in [-0.15, -0.1) is 0 Å². The lowest BCUT2D eigenvalue weighted by Gasteiger charge is -2.32. The van der Waals surface area contributed by atoms with Crippen LogP contribution in [0.5, 0.6) is 0 Å². The lowest BCUT2D eigenvalue weighted by Crippen LogP contribution is -2.52. The Kier molecular flexibility index (Phi) is 5.54. The number of hydrogen-bond donors (Lipinski definition) is 2. The molecule has 0 aromatic rings. The molecule has 7 heteroatoms. The first-order valence-corrected chi connectivity index (χ1v) is 7.71. The molecule has 0 radical (unpaired) electrons. The normalized spacial score (nSPS) is 20.9. The molecule has 0 spiro atoms. The van der Waals surface area contributed by atoms with E-state index < -0.39 is 10.2 Å². The van der Waals surface area contributed by atoms with E-state index in [1.54, 1.807) is 0 Å². The predicted molar refractivity (Wildman–Crippen MR) is 71.6 cm³/mol. The standard InChI is InChI=1S/C11H25N3O3S/c1-11(2,3)10(12-4)9-13-18(15,16)14-5-7-17-8-6-14/h10,12-13H,5-9H2,1-4H3/t10-/m0/s1. The van der Waals surface area contributed by atoms with Crippen molar-refractivity contribution in [3.8, 4) is 0 Å². The first-order valence-electron chi connectivity index (χ1n) is 6.27. The number of nitrogens with zero attached hydrogens (tertiary/aromatic N) is 1. The van der Waals surface area contributed by atoms with Crippen molar-refractivity contribution in [1.29, 1.82) is 0 Å². The Morgan fingerprint density at radius 1 is 1.28 bits per heavy atom. The van der Waals surface area contributed by atoms with Gasteiger partial charge >= 0.3 is 0 Å². The highest BCUT2D eigenvalue weighted by atomic mass is 32.2. The van der Waals surface area contributed by atoms with Crippen LogP contribution in [0.3, 0.4) is 0 Å². The van der Waals surface area contributed by atoms with Gasteiger partial charge in [0.2, 0.25) is 0 Å². The van der Waals surface area contributed by atoms with E-state index in [1.165, 1.54) is 4.31 Å². The fourth-order valence-electron chi connectivity index (χ4n) is 1.91. The second-order valence-electron chi connectivity index (χ2n) is 5.57. The Morgan fingerprint density at radius 2 is 1.83 bits per heavy atom. The van der Waals surface area contributed by atoms with E-state index in [9.17, 15) is 8.42 Å². The highest BCUT2D eigenvalue weighted by Gasteiger charge is 2.28. The largest absolute Gasteiger partial charge is 0.379 e. The van der Waals surface area contributed by atoms with Gasteiger partial charge in [-0.1, -0.05) is 20.8 Å². The molecule has 1 aliphatic heterocycles. The molecule has 0 unspecified atom stereocenters. The van der Waals surface area contributed by atoms with Gasteiger partial charge in [0.25, 0.3) is 10.2 Å². The minimum Gasteiger partial charge on any atom is -0.379 e. The monoisotopic (exact) mass is 279 g/mol. The summed E-state index contributed by atoms with van der Waals surface area (Å²) in [7, 11) is -1.54. The molecule has 1 fully saturated rings. The summed E-state index contributed by atoms with van der Waals surface area (Å²) in [5.74, 6) is 0. The molecule has 6 nitrogen and oxygen atoms in total. The second kappa shape index (κ2) is 6.29. The Morgan fingerprint density at radius 3 is 2.28 bits per heavy atom. The zero-order valence-electron chi connectivity index (χ0n) is 11.7. The van der Waals surface area contributed by atoms with Crippen LogP contribution in [0.4, 0.5) is 0 Å². The van der Waals surface area contributed by atoms with Gasteiger partial charge in [-0.2, -0.15) is 12.7 Å². The smallest absolute Gasteiger partial charge is 0.279 e. The molecule has 0 amide bonds. The predicted octanol–water partition coefficient (Wildman–Crippen LogP) is -0.213. The molecular weight excluding hydrogens is 254 g/mol. The van der Waals surface area contributed by atoms with Crippen molar-refractivity contribution in [2.45, 2.75) is 26.8 Å². The van der Waals surface area contributed by atoms with Gasteiger partial charge in [-0.3, -0.25) is 0 Å². The molecule has 1 atom stereocenters. The fourth-order valence-corrected chi connectivity index (χ4v) is 3.10. The van der Waals surface area contributed by atoms with Gasteiger partial charge in [0.1, 0.15) is 0 Å². The van der Waals surface area contributed by atoms with Gasteiger partial charge in [0.05, 0.1) is 13.2 Å². The van der Waals surface area contributed by atoms with E-state index in [1.807, 2.05) is 7.05 Å². The average molecular weight is 279 g/mol. The number of rotatable bonds is 5. The zero-order valence-corrected chi connectivity index (χ0v) is 12.5. The topological polar surface area (TPSA) is 70.7 Å². The van der Waals surface area contributed by atoms with Crippen molar-refractivity contribution in [2.75, 3.05) is 39.9 Å². The zero-order chi connectivity index (χ0) is 13.8. The highest BCUT2D eigenvalue weighted by molar-refractivity contribution is 7.87. The van der Waals surface area contributed by atoms with E-state index in [-0.39, 0.29) is 11.5 Å². The number of morpholine rings is 1. The third kappa shape index (κ3) is 4.47. The first kappa shape index (κ1) is 15.8. The summed E-state index contributed by atoms with van der Waals surface area (Å²) in [4.78, 5) is 0. The summed E-state index contributed by atoms with van der Waals surface area (Å²) in [6, 6.07) is 0.0910. The number of hydrogen-bond acceptors (Lipinski definition) is 4. The van der Waals surface area contributed by atoms with Crippen molar-refractivity contribution in [3.63, 3.8) is 0 Å². The van der Waals surface area contributed by atoms with Crippen molar-refractivity contribution >= 4 is 10.2 Å². The maximum atomic E-state index is 12.1. The Bertz CT molecular complexity index is 345. The van der Waals surface area contributed by atoms with Crippen LogP contribution in [0.2, 0.25) is 0 Å². The molecule has 2 N–H and O–H groups in total. The van der Waals surface area contributed by atoms with Crippen LogP contribution in [0, 0.1) is 5.41 Å². The van der Waals surface area contributed by atoms with Crippen molar-refractivity contribution in [2.24, 2.45) is 5.41 Å². The summed E-state index contributed by atoms with van der Waals surface area (Å²) in [5.41, 5.74) is 0.00226. The first-order chi connectivity index (χ1) is 8.27. The van der Waals surface area contributed by atoms with Gasteiger partial charge in [-0.25, -0.2) is 4.72 Å². The van der Waals surface area contributed by atoms with E-state index in [0.29, 0.717) is 32.8 Å². The number of likely N-dealkylation sites (N-methyl/N-ethyl adjacent to an activating group) is 1. The lowest BCUT2D eigenvalue weighted by atomic mass is 9.87. The third-order valence-electron chi connectivity index (χ3n) is 3.17. The van der Waals surface area contributed by atoms with E-state index >= 15 is 0 Å². The molecule has 108 valence electrons. The molecule has 1 saturated heterocycles. The van der Waals surface area contributed by atoms with E-state index in [2.05, 4.69) is 30.8 Å². The maximum absolute atomic E-state index is 12.1. The second-order valence-corrected chi connectivity index (χ2v) is 7.33. The lowest BCUT2D eigenvalue weighted by molar-refractivity contribution is 0.0724. The van der Waals surface area contributed by atoms with Crippen LogP contribution in [0.15, 0.2) is 0 Å². The molecule has 1 aliphatic rings. The SMILES string of the molecule is CN[C@@H](CNS(=O)(=O)N1CCOCC1)C(C)(C)C. The summed E-state index contributed by atoms with van der Waals surface area (Å²) in [5, 5.41) is 3.15. The van der Waals surface area contributed by atoms with E-state index in [4.69, 9.17) is 4.74 Å². The maximum Gasteiger partial charge on any atom is 0.279 e.